The normalized spacial score (nSPS) is 15.2. The number of benzene rings is 2. The van der Waals surface area contributed by atoms with Crippen molar-refractivity contribution in [2.24, 2.45) is 0 Å². The number of halogens is 1. The molecule has 3 rings (SSSR count). The first-order chi connectivity index (χ1) is 9.72. The number of fused-ring (bicyclic) bond motifs is 1. The molecule has 1 aliphatic rings. The van der Waals surface area contributed by atoms with Gasteiger partial charge in [-0.05, 0) is 54.7 Å². The van der Waals surface area contributed by atoms with Crippen LogP contribution in [0.2, 0.25) is 0 Å². The highest BCUT2D eigenvalue weighted by Gasteiger charge is 2.13. The Morgan fingerprint density at radius 2 is 1.85 bits per heavy atom. The van der Waals surface area contributed by atoms with Crippen molar-refractivity contribution >= 4 is 22.0 Å². The lowest BCUT2D eigenvalue weighted by Crippen LogP contribution is -2.20. The first-order valence-corrected chi connectivity index (χ1v) is 7.82. The molecular weight excluding hydrogens is 310 g/mol. The van der Waals surface area contributed by atoms with Gasteiger partial charge in [0.15, 0.2) is 0 Å². The summed E-state index contributed by atoms with van der Waals surface area (Å²) in [6.07, 6.45) is 4.47. The molecule has 1 aliphatic carbocycles. The zero-order chi connectivity index (χ0) is 13.9. The van der Waals surface area contributed by atoms with E-state index in [1.165, 1.54) is 26.9 Å². The summed E-state index contributed by atoms with van der Waals surface area (Å²) in [5.74, 6) is 0. The fourth-order valence-corrected chi connectivity index (χ4v) is 3.09. The van der Waals surface area contributed by atoms with Gasteiger partial charge in [0.05, 0.1) is 0 Å². The molecule has 0 saturated heterocycles. The molecule has 0 spiro atoms. The van der Waals surface area contributed by atoms with E-state index in [-0.39, 0.29) is 0 Å². The minimum atomic E-state index is 0.347. The van der Waals surface area contributed by atoms with Crippen LogP contribution in [0.4, 0.5) is 0 Å². The molecule has 0 aliphatic heterocycles. The minimum Gasteiger partial charge on any atom is -0.382 e. The van der Waals surface area contributed by atoms with Gasteiger partial charge < -0.3 is 5.32 Å². The van der Waals surface area contributed by atoms with Gasteiger partial charge in [0.25, 0.3) is 0 Å². The van der Waals surface area contributed by atoms with E-state index in [4.69, 9.17) is 0 Å². The van der Waals surface area contributed by atoms with Crippen molar-refractivity contribution in [3.05, 3.63) is 75.4 Å². The van der Waals surface area contributed by atoms with Crippen LogP contribution < -0.4 is 5.32 Å². The summed E-state index contributed by atoms with van der Waals surface area (Å²) in [5, 5.41) is 3.64. The van der Waals surface area contributed by atoms with Gasteiger partial charge in [0, 0.05) is 16.2 Å². The number of hydrogen-bond donors (Lipinski definition) is 1. The predicted octanol–water partition coefficient (Wildman–Crippen LogP) is 5.09. The lowest BCUT2D eigenvalue weighted by molar-refractivity contribution is 0.627. The summed E-state index contributed by atoms with van der Waals surface area (Å²) in [6, 6.07) is 17.5. The average molecular weight is 328 g/mol. The molecule has 0 aromatic heterocycles. The number of rotatable bonds is 3. The number of aryl methyl sites for hydroxylation is 1. The molecule has 2 heteroatoms. The molecule has 1 unspecified atom stereocenters. The standard InChI is InChI=1S/C18H18BrN/c1-13(14-5-3-2-4-6-14)20-18-10-8-15-11-17(19)9-7-16(15)12-18/h2-7,9,11-13,20H,8,10H2,1H3. The molecule has 1 N–H and O–H groups in total. The molecule has 0 radical (unpaired) electrons. The molecule has 0 amide bonds. The third kappa shape index (κ3) is 2.96. The van der Waals surface area contributed by atoms with E-state index >= 15 is 0 Å². The Balaban J connectivity index is 1.77. The average Bonchev–Trinajstić information content (AvgIpc) is 2.48. The summed E-state index contributed by atoms with van der Waals surface area (Å²) >= 11 is 3.54. The summed E-state index contributed by atoms with van der Waals surface area (Å²) in [6.45, 7) is 2.22. The van der Waals surface area contributed by atoms with Crippen LogP contribution in [0.5, 0.6) is 0 Å². The third-order valence-electron chi connectivity index (χ3n) is 3.80. The highest BCUT2D eigenvalue weighted by Crippen LogP contribution is 2.27. The van der Waals surface area contributed by atoms with Crippen molar-refractivity contribution < 1.29 is 0 Å². The second-order valence-corrected chi connectivity index (χ2v) is 6.21. The van der Waals surface area contributed by atoms with E-state index in [0.717, 1.165) is 12.8 Å². The van der Waals surface area contributed by atoms with Gasteiger partial charge in [-0.3, -0.25) is 0 Å². The van der Waals surface area contributed by atoms with Crippen molar-refractivity contribution in [2.75, 3.05) is 0 Å². The lowest BCUT2D eigenvalue weighted by atomic mass is 9.95. The van der Waals surface area contributed by atoms with E-state index < -0.39 is 0 Å². The van der Waals surface area contributed by atoms with Gasteiger partial charge in [0.1, 0.15) is 0 Å². The van der Waals surface area contributed by atoms with Gasteiger partial charge in [0.2, 0.25) is 0 Å². The molecule has 0 heterocycles. The highest BCUT2D eigenvalue weighted by atomic mass is 79.9. The third-order valence-corrected chi connectivity index (χ3v) is 4.29. The molecule has 20 heavy (non-hydrogen) atoms. The molecule has 0 fully saturated rings. The van der Waals surface area contributed by atoms with E-state index in [9.17, 15) is 0 Å². The highest BCUT2D eigenvalue weighted by molar-refractivity contribution is 9.10. The maximum absolute atomic E-state index is 3.64. The van der Waals surface area contributed by atoms with Crippen LogP contribution in [0.1, 0.15) is 36.1 Å². The van der Waals surface area contributed by atoms with Crippen LogP contribution in [0.25, 0.3) is 6.08 Å². The van der Waals surface area contributed by atoms with Crippen molar-refractivity contribution in [3.63, 3.8) is 0 Å². The molecule has 1 nitrogen and oxygen atoms in total. The molecule has 102 valence electrons. The molecular formula is C18H18BrN. The molecule has 1 atom stereocenters. The molecule has 0 saturated carbocycles. The lowest BCUT2D eigenvalue weighted by Gasteiger charge is -2.22. The van der Waals surface area contributed by atoms with E-state index in [2.05, 4.69) is 82.8 Å². The van der Waals surface area contributed by atoms with Gasteiger partial charge in [-0.2, -0.15) is 0 Å². The molecule has 0 bridgehead atoms. The van der Waals surface area contributed by atoms with E-state index in [0.29, 0.717) is 6.04 Å². The van der Waals surface area contributed by atoms with Crippen LogP contribution >= 0.6 is 15.9 Å². The maximum Gasteiger partial charge on any atom is 0.0482 e. The van der Waals surface area contributed by atoms with E-state index in [1.54, 1.807) is 0 Å². The maximum atomic E-state index is 3.64. The number of allylic oxidation sites excluding steroid dienone is 1. The van der Waals surface area contributed by atoms with Crippen LogP contribution in [0.15, 0.2) is 58.7 Å². The summed E-state index contributed by atoms with van der Waals surface area (Å²) < 4.78 is 1.17. The Morgan fingerprint density at radius 3 is 2.65 bits per heavy atom. The van der Waals surface area contributed by atoms with Crippen molar-refractivity contribution in [1.29, 1.82) is 0 Å². The summed E-state index contributed by atoms with van der Waals surface area (Å²) in [7, 11) is 0. The van der Waals surface area contributed by atoms with Crippen LogP contribution in [-0.2, 0) is 6.42 Å². The second-order valence-electron chi connectivity index (χ2n) is 5.29. The largest absolute Gasteiger partial charge is 0.382 e. The smallest absolute Gasteiger partial charge is 0.0482 e. The van der Waals surface area contributed by atoms with Gasteiger partial charge >= 0.3 is 0 Å². The Bertz CT molecular complexity index is 631. The summed E-state index contributed by atoms with van der Waals surface area (Å²) in [4.78, 5) is 0. The zero-order valence-corrected chi connectivity index (χ0v) is 13.2. The fourth-order valence-electron chi connectivity index (χ4n) is 2.68. The van der Waals surface area contributed by atoms with Gasteiger partial charge in [-0.15, -0.1) is 0 Å². The number of nitrogens with one attached hydrogen (secondary N) is 1. The quantitative estimate of drug-likeness (QED) is 0.828. The summed E-state index contributed by atoms with van der Waals surface area (Å²) in [5.41, 5.74) is 5.42. The monoisotopic (exact) mass is 327 g/mol. The Kier molecular flexibility index (Phi) is 3.93. The fraction of sp³-hybridized carbons (Fsp3) is 0.222. The predicted molar refractivity (Wildman–Crippen MR) is 88.4 cm³/mol. The topological polar surface area (TPSA) is 12.0 Å². The SMILES string of the molecule is CC(NC1=Cc2ccc(Br)cc2CC1)c1ccccc1. The Hall–Kier alpha value is -1.54. The van der Waals surface area contributed by atoms with Gasteiger partial charge in [-0.25, -0.2) is 0 Å². The van der Waals surface area contributed by atoms with E-state index in [1.807, 2.05) is 0 Å². The Morgan fingerprint density at radius 1 is 1.05 bits per heavy atom. The molecule has 2 aromatic rings. The van der Waals surface area contributed by atoms with Crippen molar-refractivity contribution in [1.82, 2.24) is 5.32 Å². The number of hydrogen-bond acceptors (Lipinski definition) is 1. The van der Waals surface area contributed by atoms with Crippen LogP contribution in [-0.4, -0.2) is 0 Å². The van der Waals surface area contributed by atoms with Crippen LogP contribution in [0.3, 0.4) is 0 Å². The first-order valence-electron chi connectivity index (χ1n) is 7.03. The van der Waals surface area contributed by atoms with Crippen molar-refractivity contribution in [2.45, 2.75) is 25.8 Å². The molecule has 2 aromatic carbocycles. The second kappa shape index (κ2) is 5.84. The van der Waals surface area contributed by atoms with Crippen LogP contribution in [0, 0.1) is 0 Å². The van der Waals surface area contributed by atoms with Gasteiger partial charge in [-0.1, -0.05) is 52.3 Å². The van der Waals surface area contributed by atoms with Crippen molar-refractivity contribution in [3.8, 4) is 0 Å². The Labute approximate surface area is 128 Å². The zero-order valence-electron chi connectivity index (χ0n) is 11.6. The minimum absolute atomic E-state index is 0.347. The first kappa shape index (κ1) is 13.4.